The van der Waals surface area contributed by atoms with Crippen molar-refractivity contribution < 1.29 is 8.42 Å². The summed E-state index contributed by atoms with van der Waals surface area (Å²) in [5, 5.41) is 8.32. The minimum atomic E-state index is -3.22. The molecule has 8 heteroatoms. The van der Waals surface area contributed by atoms with Crippen LogP contribution in [0.15, 0.2) is 30.6 Å². The fraction of sp³-hybridized carbons (Fsp3) is 0.600. The van der Waals surface area contributed by atoms with Gasteiger partial charge in [0.05, 0.1) is 6.26 Å². The predicted molar refractivity (Wildman–Crippen MR) is 108 cm³/mol. The van der Waals surface area contributed by atoms with E-state index in [1.165, 1.54) is 17.4 Å². The topological polar surface area (TPSA) is 71.3 Å². The molecule has 2 aromatic rings. The number of likely N-dealkylation sites (tertiary alicyclic amines) is 1. The van der Waals surface area contributed by atoms with E-state index >= 15 is 0 Å². The Balaban J connectivity index is 1.50. The van der Waals surface area contributed by atoms with E-state index in [-0.39, 0.29) is 11.3 Å². The summed E-state index contributed by atoms with van der Waals surface area (Å²) in [4.78, 5) is 2.40. The SMILES string of the molecule is CC(C)c1ccc(CN2CC3(C2)CN(S(C)(=O)=O)CC3c2nncn2C)cc1. The number of hydrogen-bond acceptors (Lipinski definition) is 5. The molecular weight excluding hydrogens is 374 g/mol. The molecular formula is C20H29N5O2S. The maximum Gasteiger partial charge on any atom is 0.211 e. The quantitative estimate of drug-likeness (QED) is 0.761. The van der Waals surface area contributed by atoms with Crippen LogP contribution in [0.25, 0.3) is 0 Å². The van der Waals surface area contributed by atoms with Crippen LogP contribution in [-0.4, -0.2) is 64.8 Å². The van der Waals surface area contributed by atoms with Gasteiger partial charge in [0, 0.05) is 51.1 Å². The molecule has 0 bridgehead atoms. The minimum Gasteiger partial charge on any atom is -0.320 e. The first-order valence-electron chi connectivity index (χ1n) is 9.78. The normalized spacial score (nSPS) is 22.8. The smallest absolute Gasteiger partial charge is 0.211 e. The number of nitrogens with zero attached hydrogens (tertiary/aromatic N) is 5. The first kappa shape index (κ1) is 19.5. The van der Waals surface area contributed by atoms with Crippen molar-refractivity contribution >= 4 is 10.0 Å². The Kier molecular flexibility index (Phi) is 4.84. The molecule has 1 aromatic heterocycles. The fourth-order valence-electron chi connectivity index (χ4n) is 4.68. The Labute approximate surface area is 167 Å². The zero-order chi connectivity index (χ0) is 20.1. The lowest BCUT2D eigenvalue weighted by atomic mass is 9.71. The fourth-order valence-corrected chi connectivity index (χ4v) is 5.59. The summed E-state index contributed by atoms with van der Waals surface area (Å²) < 4.78 is 27.9. The van der Waals surface area contributed by atoms with E-state index < -0.39 is 10.0 Å². The summed E-state index contributed by atoms with van der Waals surface area (Å²) in [6.45, 7) is 8.10. The minimum absolute atomic E-state index is 0.0780. The lowest BCUT2D eigenvalue weighted by Gasteiger charge is -2.50. The highest BCUT2D eigenvalue weighted by atomic mass is 32.2. The van der Waals surface area contributed by atoms with Crippen LogP contribution in [-0.2, 0) is 23.6 Å². The maximum atomic E-state index is 12.2. The molecule has 1 aromatic carbocycles. The third-order valence-electron chi connectivity index (χ3n) is 6.27. The largest absolute Gasteiger partial charge is 0.320 e. The molecule has 0 N–H and O–H groups in total. The van der Waals surface area contributed by atoms with Crippen molar-refractivity contribution in [2.75, 3.05) is 32.4 Å². The Morgan fingerprint density at radius 2 is 1.86 bits per heavy atom. The summed E-state index contributed by atoms with van der Waals surface area (Å²) in [7, 11) is -1.29. The lowest BCUT2D eigenvalue weighted by molar-refractivity contribution is -0.00791. The monoisotopic (exact) mass is 403 g/mol. The molecule has 2 aliphatic rings. The second kappa shape index (κ2) is 6.93. The van der Waals surface area contributed by atoms with Crippen LogP contribution in [0, 0.1) is 5.41 Å². The van der Waals surface area contributed by atoms with E-state index in [1.54, 1.807) is 10.6 Å². The van der Waals surface area contributed by atoms with Gasteiger partial charge in [0.25, 0.3) is 0 Å². The van der Waals surface area contributed by atoms with Gasteiger partial charge in [-0.05, 0) is 17.0 Å². The van der Waals surface area contributed by atoms with Gasteiger partial charge >= 0.3 is 0 Å². The summed E-state index contributed by atoms with van der Waals surface area (Å²) in [6, 6.07) is 8.83. The Hall–Kier alpha value is -1.77. The van der Waals surface area contributed by atoms with Crippen molar-refractivity contribution in [3.63, 3.8) is 0 Å². The molecule has 1 unspecified atom stereocenters. The van der Waals surface area contributed by atoms with Crippen LogP contribution in [0.3, 0.4) is 0 Å². The van der Waals surface area contributed by atoms with Crippen molar-refractivity contribution in [2.24, 2.45) is 12.5 Å². The number of rotatable bonds is 5. The predicted octanol–water partition coefficient (Wildman–Crippen LogP) is 1.80. The maximum absolute atomic E-state index is 12.2. The number of hydrogen-bond donors (Lipinski definition) is 0. The van der Waals surface area contributed by atoms with Gasteiger partial charge in [-0.15, -0.1) is 10.2 Å². The van der Waals surface area contributed by atoms with E-state index in [0.29, 0.717) is 19.0 Å². The van der Waals surface area contributed by atoms with Gasteiger partial charge in [-0.25, -0.2) is 12.7 Å². The zero-order valence-corrected chi connectivity index (χ0v) is 17.9. The number of sulfonamides is 1. The summed E-state index contributed by atoms with van der Waals surface area (Å²) >= 11 is 0. The van der Waals surface area contributed by atoms with Gasteiger partial charge < -0.3 is 4.57 Å². The zero-order valence-electron chi connectivity index (χ0n) is 17.0. The third-order valence-corrected chi connectivity index (χ3v) is 7.49. The lowest BCUT2D eigenvalue weighted by Crippen LogP contribution is -2.59. The number of aromatic nitrogens is 3. The van der Waals surface area contributed by atoms with Crippen molar-refractivity contribution in [1.29, 1.82) is 0 Å². The summed E-state index contributed by atoms with van der Waals surface area (Å²) in [6.07, 6.45) is 2.99. The van der Waals surface area contributed by atoms with Crippen molar-refractivity contribution in [3.8, 4) is 0 Å². The van der Waals surface area contributed by atoms with Crippen molar-refractivity contribution in [3.05, 3.63) is 47.5 Å². The average Bonchev–Trinajstić information content (AvgIpc) is 3.18. The highest BCUT2D eigenvalue weighted by molar-refractivity contribution is 7.88. The van der Waals surface area contributed by atoms with Gasteiger partial charge in [0.15, 0.2) is 0 Å². The highest BCUT2D eigenvalue weighted by Crippen LogP contribution is 2.49. The molecule has 0 saturated carbocycles. The van der Waals surface area contributed by atoms with Gasteiger partial charge in [-0.3, -0.25) is 4.90 Å². The molecule has 4 rings (SSSR count). The number of benzene rings is 1. The van der Waals surface area contributed by atoms with Crippen LogP contribution < -0.4 is 0 Å². The highest BCUT2D eigenvalue weighted by Gasteiger charge is 2.57. The van der Waals surface area contributed by atoms with Crippen molar-refractivity contribution in [2.45, 2.75) is 32.2 Å². The molecule has 0 radical (unpaired) electrons. The van der Waals surface area contributed by atoms with E-state index in [9.17, 15) is 8.42 Å². The van der Waals surface area contributed by atoms with Gasteiger partial charge in [0.2, 0.25) is 10.0 Å². The Bertz CT molecular complexity index is 945. The Morgan fingerprint density at radius 3 is 2.39 bits per heavy atom. The van der Waals surface area contributed by atoms with E-state index in [2.05, 4.69) is 53.2 Å². The van der Waals surface area contributed by atoms with Gasteiger partial charge in [-0.2, -0.15) is 0 Å². The van der Waals surface area contributed by atoms with E-state index in [1.807, 2.05) is 11.6 Å². The van der Waals surface area contributed by atoms with E-state index in [0.717, 1.165) is 25.5 Å². The first-order chi connectivity index (χ1) is 13.2. The number of aryl methyl sites for hydroxylation is 1. The summed E-state index contributed by atoms with van der Waals surface area (Å²) in [5.74, 6) is 1.50. The molecule has 3 heterocycles. The molecule has 2 saturated heterocycles. The summed E-state index contributed by atoms with van der Waals surface area (Å²) in [5.41, 5.74) is 2.57. The second-order valence-corrected chi connectivity index (χ2v) is 10.8. The molecule has 1 spiro atoms. The molecule has 2 fully saturated rings. The molecule has 28 heavy (non-hydrogen) atoms. The molecule has 0 amide bonds. The Morgan fingerprint density at radius 1 is 1.18 bits per heavy atom. The molecule has 1 atom stereocenters. The molecule has 7 nitrogen and oxygen atoms in total. The molecule has 0 aliphatic carbocycles. The molecule has 2 aliphatic heterocycles. The van der Waals surface area contributed by atoms with Gasteiger partial charge in [0.1, 0.15) is 12.2 Å². The first-order valence-corrected chi connectivity index (χ1v) is 11.6. The van der Waals surface area contributed by atoms with E-state index in [4.69, 9.17) is 0 Å². The van der Waals surface area contributed by atoms with Crippen LogP contribution in [0.1, 0.15) is 42.6 Å². The van der Waals surface area contributed by atoms with Crippen LogP contribution in [0.4, 0.5) is 0 Å². The average molecular weight is 404 g/mol. The third kappa shape index (κ3) is 3.49. The molecule has 152 valence electrons. The van der Waals surface area contributed by atoms with Crippen LogP contribution in [0.5, 0.6) is 0 Å². The van der Waals surface area contributed by atoms with Crippen molar-refractivity contribution in [1.82, 2.24) is 24.0 Å². The van der Waals surface area contributed by atoms with Crippen LogP contribution >= 0.6 is 0 Å². The standard InChI is InChI=1S/C20H29N5O2S/c1-15(2)17-7-5-16(6-8-17)9-24-11-20(12-24)13-25(28(4,26)27)10-18(20)19-22-21-14-23(19)3/h5-8,14-15,18H,9-13H2,1-4H3. The van der Waals surface area contributed by atoms with Gasteiger partial charge in [-0.1, -0.05) is 38.1 Å². The second-order valence-electron chi connectivity index (χ2n) is 8.81. The van der Waals surface area contributed by atoms with Crippen LogP contribution in [0.2, 0.25) is 0 Å².